The standard InChI is InChI=1S/C23H20ClN3/c1-16-6-8-17(9-7-16)14-15-25-23-20-4-2-3-5-21(20)26-22(27-23)18-10-12-19(24)13-11-18/h2-13H,14-15H2,1H3,(H,25,26,27). The lowest BCUT2D eigenvalue weighted by Crippen LogP contribution is -2.08. The van der Waals surface area contributed by atoms with Gasteiger partial charge in [-0.1, -0.05) is 53.6 Å². The Labute approximate surface area is 164 Å². The Morgan fingerprint density at radius 2 is 1.59 bits per heavy atom. The zero-order valence-electron chi connectivity index (χ0n) is 15.1. The van der Waals surface area contributed by atoms with Crippen molar-refractivity contribution in [1.82, 2.24) is 9.97 Å². The molecule has 134 valence electrons. The maximum atomic E-state index is 6.01. The summed E-state index contributed by atoms with van der Waals surface area (Å²) in [6, 6.07) is 24.3. The molecule has 27 heavy (non-hydrogen) atoms. The van der Waals surface area contributed by atoms with E-state index in [-0.39, 0.29) is 0 Å². The van der Waals surface area contributed by atoms with E-state index in [9.17, 15) is 0 Å². The second-order valence-electron chi connectivity index (χ2n) is 6.58. The van der Waals surface area contributed by atoms with Gasteiger partial charge in [0.1, 0.15) is 5.82 Å². The molecule has 0 amide bonds. The van der Waals surface area contributed by atoms with Crippen molar-refractivity contribution >= 4 is 28.3 Å². The van der Waals surface area contributed by atoms with Crippen LogP contribution in [0.4, 0.5) is 5.82 Å². The van der Waals surface area contributed by atoms with Crippen LogP contribution in [0, 0.1) is 6.92 Å². The van der Waals surface area contributed by atoms with Crippen molar-refractivity contribution in [1.29, 1.82) is 0 Å². The van der Waals surface area contributed by atoms with E-state index in [1.54, 1.807) is 0 Å². The van der Waals surface area contributed by atoms with Gasteiger partial charge in [-0.25, -0.2) is 9.97 Å². The van der Waals surface area contributed by atoms with Gasteiger partial charge in [0.15, 0.2) is 5.82 Å². The number of anilines is 1. The number of rotatable bonds is 5. The first-order valence-corrected chi connectivity index (χ1v) is 9.39. The minimum atomic E-state index is 0.697. The van der Waals surface area contributed by atoms with Gasteiger partial charge >= 0.3 is 0 Å². The topological polar surface area (TPSA) is 37.8 Å². The average Bonchev–Trinajstić information content (AvgIpc) is 2.70. The number of aromatic nitrogens is 2. The minimum Gasteiger partial charge on any atom is -0.369 e. The Morgan fingerprint density at radius 3 is 2.37 bits per heavy atom. The van der Waals surface area contributed by atoms with Gasteiger partial charge in [0.25, 0.3) is 0 Å². The number of aryl methyl sites for hydroxylation is 1. The lowest BCUT2D eigenvalue weighted by atomic mass is 10.1. The maximum Gasteiger partial charge on any atom is 0.162 e. The quantitative estimate of drug-likeness (QED) is 0.472. The van der Waals surface area contributed by atoms with Gasteiger partial charge in [-0.05, 0) is 55.3 Å². The van der Waals surface area contributed by atoms with Crippen LogP contribution in [0.3, 0.4) is 0 Å². The number of nitrogens with one attached hydrogen (secondary N) is 1. The van der Waals surface area contributed by atoms with Crippen molar-refractivity contribution in [3.63, 3.8) is 0 Å². The molecule has 3 aromatic carbocycles. The van der Waals surface area contributed by atoms with Crippen molar-refractivity contribution in [2.45, 2.75) is 13.3 Å². The van der Waals surface area contributed by atoms with Crippen molar-refractivity contribution in [3.05, 3.63) is 88.9 Å². The predicted molar refractivity (Wildman–Crippen MR) is 113 cm³/mol. The molecule has 0 aliphatic heterocycles. The normalized spacial score (nSPS) is 10.9. The highest BCUT2D eigenvalue weighted by molar-refractivity contribution is 6.30. The third kappa shape index (κ3) is 4.09. The molecule has 0 radical (unpaired) electrons. The molecule has 0 fully saturated rings. The third-order valence-corrected chi connectivity index (χ3v) is 4.78. The fourth-order valence-electron chi connectivity index (χ4n) is 3.02. The second-order valence-corrected chi connectivity index (χ2v) is 7.02. The van der Waals surface area contributed by atoms with Gasteiger partial charge in [0, 0.05) is 22.5 Å². The molecule has 0 unspecified atom stereocenters. The molecule has 1 heterocycles. The smallest absolute Gasteiger partial charge is 0.162 e. The van der Waals surface area contributed by atoms with Crippen molar-refractivity contribution in [3.8, 4) is 11.4 Å². The first-order valence-electron chi connectivity index (χ1n) is 9.01. The van der Waals surface area contributed by atoms with Crippen LogP contribution < -0.4 is 5.32 Å². The second kappa shape index (κ2) is 7.77. The lowest BCUT2D eigenvalue weighted by Gasteiger charge is -2.11. The number of hydrogen-bond donors (Lipinski definition) is 1. The van der Waals surface area contributed by atoms with Crippen LogP contribution >= 0.6 is 11.6 Å². The Kier molecular flexibility index (Phi) is 5.03. The van der Waals surface area contributed by atoms with Crippen molar-refractivity contribution in [2.75, 3.05) is 11.9 Å². The molecule has 0 aliphatic rings. The molecule has 0 saturated heterocycles. The van der Waals surface area contributed by atoms with Crippen molar-refractivity contribution in [2.24, 2.45) is 0 Å². The first-order chi connectivity index (χ1) is 13.2. The van der Waals surface area contributed by atoms with Crippen LogP contribution in [0.1, 0.15) is 11.1 Å². The zero-order valence-corrected chi connectivity index (χ0v) is 15.9. The summed E-state index contributed by atoms with van der Waals surface area (Å²) < 4.78 is 0. The lowest BCUT2D eigenvalue weighted by molar-refractivity contribution is 1.01. The highest BCUT2D eigenvalue weighted by Gasteiger charge is 2.09. The van der Waals surface area contributed by atoms with Crippen LogP contribution in [0.25, 0.3) is 22.3 Å². The number of benzene rings is 3. The molecule has 0 aliphatic carbocycles. The summed E-state index contributed by atoms with van der Waals surface area (Å²) in [5, 5.41) is 5.23. The molecule has 1 aromatic heterocycles. The molecule has 0 saturated carbocycles. The Hall–Kier alpha value is -2.91. The van der Waals surface area contributed by atoms with Crippen LogP contribution in [0.2, 0.25) is 5.02 Å². The number of nitrogens with zero attached hydrogens (tertiary/aromatic N) is 2. The zero-order chi connectivity index (χ0) is 18.6. The summed E-state index contributed by atoms with van der Waals surface area (Å²) in [6.45, 7) is 2.91. The summed E-state index contributed by atoms with van der Waals surface area (Å²) in [5.74, 6) is 1.56. The van der Waals surface area contributed by atoms with E-state index in [1.165, 1.54) is 11.1 Å². The molecule has 4 aromatic rings. The SMILES string of the molecule is Cc1ccc(CCNc2nc(-c3ccc(Cl)cc3)nc3ccccc23)cc1. The minimum absolute atomic E-state index is 0.697. The van der Waals surface area contributed by atoms with Crippen LogP contribution in [0.15, 0.2) is 72.8 Å². The number of hydrogen-bond acceptors (Lipinski definition) is 3. The molecule has 0 bridgehead atoms. The first kappa shape index (κ1) is 17.5. The molecule has 4 heteroatoms. The fraction of sp³-hybridized carbons (Fsp3) is 0.130. The van der Waals surface area contributed by atoms with Gasteiger partial charge in [-0.3, -0.25) is 0 Å². The van der Waals surface area contributed by atoms with E-state index in [2.05, 4.69) is 42.6 Å². The molecule has 3 nitrogen and oxygen atoms in total. The number of halogens is 1. The van der Waals surface area contributed by atoms with E-state index >= 15 is 0 Å². The van der Waals surface area contributed by atoms with Crippen LogP contribution in [0.5, 0.6) is 0 Å². The monoisotopic (exact) mass is 373 g/mol. The number of para-hydroxylation sites is 1. The van der Waals surface area contributed by atoms with Crippen molar-refractivity contribution < 1.29 is 0 Å². The molecule has 0 spiro atoms. The average molecular weight is 374 g/mol. The Bertz CT molecular complexity index is 1060. The summed E-state index contributed by atoms with van der Waals surface area (Å²) >= 11 is 6.01. The molecule has 1 N–H and O–H groups in total. The van der Waals surface area contributed by atoms with Crippen LogP contribution in [-0.4, -0.2) is 16.5 Å². The summed E-state index contributed by atoms with van der Waals surface area (Å²) in [7, 11) is 0. The van der Waals surface area contributed by atoms with Gasteiger partial charge < -0.3 is 5.32 Å². The number of fused-ring (bicyclic) bond motifs is 1. The predicted octanol–water partition coefficient (Wildman–Crippen LogP) is 5.91. The fourth-order valence-corrected chi connectivity index (χ4v) is 3.15. The molecule has 0 atom stereocenters. The van der Waals surface area contributed by atoms with E-state index in [0.717, 1.165) is 35.2 Å². The molecular weight excluding hydrogens is 354 g/mol. The largest absolute Gasteiger partial charge is 0.369 e. The third-order valence-electron chi connectivity index (χ3n) is 4.53. The van der Waals surface area contributed by atoms with Crippen LogP contribution in [-0.2, 0) is 6.42 Å². The van der Waals surface area contributed by atoms with Gasteiger partial charge in [-0.15, -0.1) is 0 Å². The van der Waals surface area contributed by atoms with E-state index < -0.39 is 0 Å². The van der Waals surface area contributed by atoms with E-state index in [1.807, 2.05) is 42.5 Å². The van der Waals surface area contributed by atoms with Gasteiger partial charge in [0.2, 0.25) is 0 Å². The van der Waals surface area contributed by atoms with E-state index in [0.29, 0.717) is 10.8 Å². The highest BCUT2D eigenvalue weighted by Crippen LogP contribution is 2.25. The Morgan fingerprint density at radius 1 is 0.852 bits per heavy atom. The highest BCUT2D eigenvalue weighted by atomic mass is 35.5. The Balaban J connectivity index is 1.62. The maximum absolute atomic E-state index is 6.01. The summed E-state index contributed by atoms with van der Waals surface area (Å²) in [6.07, 6.45) is 0.939. The van der Waals surface area contributed by atoms with E-state index in [4.69, 9.17) is 21.6 Å². The van der Waals surface area contributed by atoms with Gasteiger partial charge in [-0.2, -0.15) is 0 Å². The molecular formula is C23H20ClN3. The summed E-state index contributed by atoms with van der Waals surface area (Å²) in [4.78, 5) is 9.50. The molecule has 4 rings (SSSR count). The summed E-state index contributed by atoms with van der Waals surface area (Å²) in [5.41, 5.74) is 4.47. The van der Waals surface area contributed by atoms with Gasteiger partial charge in [0.05, 0.1) is 5.52 Å².